The Bertz CT molecular complexity index is 1280. The molecule has 8 nitrogen and oxygen atoms in total. The minimum atomic E-state index is -0.668. The lowest BCUT2D eigenvalue weighted by Gasteiger charge is -2.13. The van der Waals surface area contributed by atoms with E-state index in [0.717, 1.165) is 0 Å². The molecule has 0 heterocycles. The number of nitrogens with zero attached hydrogens (tertiary/aromatic N) is 1. The Kier molecular flexibility index (Phi) is 8.27. The van der Waals surface area contributed by atoms with Gasteiger partial charge in [0.1, 0.15) is 11.4 Å². The van der Waals surface area contributed by atoms with Gasteiger partial charge >= 0.3 is 0 Å². The molecule has 0 bridgehead atoms. The van der Waals surface area contributed by atoms with Crippen molar-refractivity contribution in [2.24, 2.45) is 0 Å². The molecule has 0 saturated heterocycles. The number of carbonyl (C=O) groups is 2. The normalized spacial score (nSPS) is 11.0. The summed E-state index contributed by atoms with van der Waals surface area (Å²) in [5.74, 6) is -0.970. The lowest BCUT2D eigenvalue weighted by Crippen LogP contribution is -2.31. The van der Waals surface area contributed by atoms with Crippen molar-refractivity contribution < 1.29 is 19.2 Å². The summed E-state index contributed by atoms with van der Waals surface area (Å²) >= 11 is 15.3. The Morgan fingerprint density at radius 3 is 2.26 bits per heavy atom. The molecule has 0 aliphatic rings. The van der Waals surface area contributed by atoms with Crippen molar-refractivity contribution in [3.05, 3.63) is 102 Å². The lowest BCUT2D eigenvalue weighted by atomic mass is 10.1. The number of hydrogen-bond acceptors (Lipinski definition) is 5. The van der Waals surface area contributed by atoms with E-state index in [0.29, 0.717) is 31.5 Å². The van der Waals surface area contributed by atoms with Crippen LogP contribution < -0.4 is 15.4 Å². The van der Waals surface area contributed by atoms with E-state index in [1.165, 1.54) is 55.7 Å². The molecule has 0 aliphatic heterocycles. The molecule has 0 atom stereocenters. The first kappa shape index (κ1) is 25.2. The molecule has 34 heavy (non-hydrogen) atoms. The smallest absolute Gasteiger partial charge is 0.272 e. The first-order valence-electron chi connectivity index (χ1n) is 9.55. The number of halogens is 3. The first-order valence-corrected chi connectivity index (χ1v) is 11.1. The van der Waals surface area contributed by atoms with Gasteiger partial charge in [-0.1, -0.05) is 39.1 Å². The van der Waals surface area contributed by atoms with Gasteiger partial charge in [-0.05, 0) is 60.2 Å². The van der Waals surface area contributed by atoms with Gasteiger partial charge in [0.15, 0.2) is 0 Å². The van der Waals surface area contributed by atoms with E-state index in [2.05, 4.69) is 26.6 Å². The molecule has 3 aromatic carbocycles. The maximum absolute atomic E-state index is 13.1. The number of methoxy groups -OCH3 is 1. The van der Waals surface area contributed by atoms with Crippen molar-refractivity contribution >= 4 is 68.4 Å². The number of benzene rings is 3. The van der Waals surface area contributed by atoms with Gasteiger partial charge in [-0.15, -0.1) is 0 Å². The SMILES string of the molecule is COc1ccc(Br)cc1C(=O)NC(=Cc1ccc([N+](=O)[O-])cc1)C(=O)Nc1cc(Cl)cc(Cl)c1. The number of rotatable bonds is 7. The minimum Gasteiger partial charge on any atom is -0.496 e. The van der Waals surface area contributed by atoms with Gasteiger partial charge in [-0.25, -0.2) is 0 Å². The molecule has 0 aromatic heterocycles. The highest BCUT2D eigenvalue weighted by Crippen LogP contribution is 2.25. The van der Waals surface area contributed by atoms with Gasteiger partial charge in [-0.2, -0.15) is 0 Å². The molecule has 3 aromatic rings. The summed E-state index contributed by atoms with van der Waals surface area (Å²) in [7, 11) is 1.42. The Morgan fingerprint density at radius 1 is 1.03 bits per heavy atom. The molecule has 0 fully saturated rings. The monoisotopic (exact) mass is 563 g/mol. The zero-order valence-electron chi connectivity index (χ0n) is 17.5. The third-order valence-electron chi connectivity index (χ3n) is 4.43. The number of amides is 2. The van der Waals surface area contributed by atoms with Crippen LogP contribution in [0.4, 0.5) is 11.4 Å². The standard InChI is InChI=1S/C23H16BrCl2N3O5/c1-34-21-7-4-14(24)9-19(21)22(30)28-20(8-13-2-5-18(6-3-13)29(32)33)23(31)27-17-11-15(25)10-16(26)12-17/h2-12H,1H3,(H,27,31)(H,28,30). The van der Waals surface area contributed by atoms with Crippen LogP contribution in [0.2, 0.25) is 10.0 Å². The number of nitro benzene ring substituents is 1. The van der Waals surface area contributed by atoms with E-state index in [1.807, 2.05) is 0 Å². The van der Waals surface area contributed by atoms with Crippen LogP contribution in [0.15, 0.2) is 70.8 Å². The number of nitrogens with one attached hydrogen (secondary N) is 2. The van der Waals surface area contributed by atoms with E-state index in [-0.39, 0.29) is 16.9 Å². The third kappa shape index (κ3) is 6.57. The summed E-state index contributed by atoms with van der Waals surface area (Å²) < 4.78 is 5.88. The van der Waals surface area contributed by atoms with Gasteiger partial charge in [0.05, 0.1) is 17.6 Å². The van der Waals surface area contributed by atoms with Gasteiger partial charge in [0, 0.05) is 32.3 Å². The average Bonchev–Trinajstić information content (AvgIpc) is 2.78. The molecule has 11 heteroatoms. The number of ether oxygens (including phenoxy) is 1. The molecule has 0 spiro atoms. The van der Waals surface area contributed by atoms with Crippen molar-refractivity contribution in [3.63, 3.8) is 0 Å². The summed E-state index contributed by atoms with van der Waals surface area (Å²) in [5.41, 5.74) is 0.703. The number of anilines is 1. The molecule has 174 valence electrons. The molecule has 0 saturated carbocycles. The fourth-order valence-corrected chi connectivity index (χ4v) is 3.78. The fraction of sp³-hybridized carbons (Fsp3) is 0.0435. The topological polar surface area (TPSA) is 111 Å². The van der Waals surface area contributed by atoms with Crippen LogP contribution in [-0.4, -0.2) is 23.8 Å². The maximum Gasteiger partial charge on any atom is 0.272 e. The summed E-state index contributed by atoms with van der Waals surface area (Å²) in [6.45, 7) is 0. The largest absolute Gasteiger partial charge is 0.496 e. The lowest BCUT2D eigenvalue weighted by molar-refractivity contribution is -0.384. The molecule has 0 aliphatic carbocycles. The number of hydrogen-bond donors (Lipinski definition) is 2. The second-order valence-corrected chi connectivity index (χ2v) is 8.61. The molecular weight excluding hydrogens is 549 g/mol. The Balaban J connectivity index is 1.97. The molecule has 0 radical (unpaired) electrons. The fourth-order valence-electron chi connectivity index (χ4n) is 2.89. The van der Waals surface area contributed by atoms with E-state index >= 15 is 0 Å². The van der Waals surface area contributed by atoms with Crippen LogP contribution in [0.5, 0.6) is 5.75 Å². The third-order valence-corrected chi connectivity index (χ3v) is 5.36. The second kappa shape index (κ2) is 11.1. The molecule has 2 N–H and O–H groups in total. The van der Waals surface area contributed by atoms with Gasteiger partial charge in [-0.3, -0.25) is 19.7 Å². The molecular formula is C23H16BrCl2N3O5. The van der Waals surface area contributed by atoms with Crippen molar-refractivity contribution in [1.29, 1.82) is 0 Å². The highest BCUT2D eigenvalue weighted by molar-refractivity contribution is 9.10. The summed E-state index contributed by atoms with van der Waals surface area (Å²) in [5, 5.41) is 16.8. The molecule has 3 rings (SSSR count). The Morgan fingerprint density at radius 2 is 1.68 bits per heavy atom. The van der Waals surface area contributed by atoms with Gasteiger partial charge < -0.3 is 15.4 Å². The minimum absolute atomic E-state index is 0.111. The second-order valence-electron chi connectivity index (χ2n) is 6.82. The number of non-ortho nitro benzene ring substituents is 1. The number of nitro groups is 1. The highest BCUT2D eigenvalue weighted by atomic mass is 79.9. The van der Waals surface area contributed by atoms with E-state index in [4.69, 9.17) is 27.9 Å². The van der Waals surface area contributed by atoms with Crippen LogP contribution in [-0.2, 0) is 4.79 Å². The number of carbonyl (C=O) groups excluding carboxylic acids is 2. The van der Waals surface area contributed by atoms with Crippen molar-refractivity contribution in [2.75, 3.05) is 12.4 Å². The van der Waals surface area contributed by atoms with Crippen molar-refractivity contribution in [1.82, 2.24) is 5.32 Å². The van der Waals surface area contributed by atoms with E-state index in [1.54, 1.807) is 18.2 Å². The zero-order chi connectivity index (χ0) is 24.8. The van der Waals surface area contributed by atoms with Crippen LogP contribution in [0, 0.1) is 10.1 Å². The predicted molar refractivity (Wildman–Crippen MR) is 134 cm³/mol. The van der Waals surface area contributed by atoms with Gasteiger partial charge in [0.25, 0.3) is 17.5 Å². The maximum atomic E-state index is 13.1. The summed E-state index contributed by atoms with van der Waals surface area (Å²) in [4.78, 5) is 36.5. The summed E-state index contributed by atoms with van der Waals surface area (Å²) in [6, 6.07) is 14.8. The van der Waals surface area contributed by atoms with Gasteiger partial charge in [0.2, 0.25) is 0 Å². The quantitative estimate of drug-likeness (QED) is 0.205. The summed E-state index contributed by atoms with van der Waals surface area (Å²) in [6.07, 6.45) is 1.38. The van der Waals surface area contributed by atoms with Crippen molar-refractivity contribution in [3.8, 4) is 5.75 Å². The van der Waals surface area contributed by atoms with Crippen LogP contribution >= 0.6 is 39.1 Å². The zero-order valence-corrected chi connectivity index (χ0v) is 20.6. The van der Waals surface area contributed by atoms with Crippen LogP contribution in [0.1, 0.15) is 15.9 Å². The van der Waals surface area contributed by atoms with E-state index < -0.39 is 16.7 Å². The average molecular weight is 565 g/mol. The molecule has 2 amide bonds. The van der Waals surface area contributed by atoms with Crippen molar-refractivity contribution in [2.45, 2.75) is 0 Å². The van der Waals surface area contributed by atoms with Crippen LogP contribution in [0.25, 0.3) is 6.08 Å². The highest BCUT2D eigenvalue weighted by Gasteiger charge is 2.19. The first-order chi connectivity index (χ1) is 16.2. The van der Waals surface area contributed by atoms with E-state index in [9.17, 15) is 19.7 Å². The molecule has 0 unspecified atom stereocenters. The predicted octanol–water partition coefficient (Wildman–Crippen LogP) is 6.08. The van der Waals surface area contributed by atoms with Crippen LogP contribution in [0.3, 0.4) is 0 Å². The Labute approximate surface area is 212 Å². The Hall–Kier alpha value is -3.40.